The lowest BCUT2D eigenvalue weighted by Crippen LogP contribution is -2.28. The monoisotopic (exact) mass is 160 g/mol. The molecule has 0 aliphatic rings. The van der Waals surface area contributed by atoms with Gasteiger partial charge in [-0.1, -0.05) is 0 Å². The van der Waals surface area contributed by atoms with E-state index in [-0.39, 0.29) is 12.1 Å². The van der Waals surface area contributed by atoms with Crippen LogP contribution in [0.4, 0.5) is 0 Å². The first-order chi connectivity index (χ1) is 5.16. The van der Waals surface area contributed by atoms with Crippen LogP contribution >= 0.6 is 0 Å². The van der Waals surface area contributed by atoms with E-state index in [1.165, 1.54) is 0 Å². The lowest BCUT2D eigenvalue weighted by molar-refractivity contribution is 0.0667. The minimum Gasteiger partial charge on any atom is -0.377 e. The van der Waals surface area contributed by atoms with Gasteiger partial charge in [0.1, 0.15) is 0 Å². The third-order valence-corrected chi connectivity index (χ3v) is 1.42. The van der Waals surface area contributed by atoms with Crippen molar-refractivity contribution >= 4 is 0 Å². The van der Waals surface area contributed by atoms with Gasteiger partial charge in [0, 0.05) is 6.04 Å². The Morgan fingerprint density at radius 1 is 1.36 bits per heavy atom. The van der Waals surface area contributed by atoms with Crippen molar-refractivity contribution in [1.29, 1.82) is 0 Å². The molecule has 0 saturated carbocycles. The van der Waals surface area contributed by atoms with Gasteiger partial charge in [0.2, 0.25) is 0 Å². The molecule has 0 aromatic heterocycles. The third-order valence-electron chi connectivity index (χ3n) is 1.42. The van der Waals surface area contributed by atoms with Gasteiger partial charge >= 0.3 is 0 Å². The zero-order valence-corrected chi connectivity index (χ0v) is 7.55. The van der Waals surface area contributed by atoms with Gasteiger partial charge < -0.3 is 16.2 Å². The molecule has 0 rings (SSSR count). The molecule has 0 aromatic rings. The Hall–Kier alpha value is -0.120. The van der Waals surface area contributed by atoms with Crippen molar-refractivity contribution in [2.45, 2.75) is 38.8 Å². The topological polar surface area (TPSA) is 61.3 Å². The lowest BCUT2D eigenvalue weighted by atomic mass is 10.2. The second-order valence-electron chi connectivity index (χ2n) is 3.07. The average Bonchev–Trinajstić information content (AvgIpc) is 1.97. The van der Waals surface area contributed by atoms with Gasteiger partial charge in [0.05, 0.1) is 12.7 Å². The molecule has 3 heteroatoms. The average molecular weight is 160 g/mol. The molecule has 0 aliphatic carbocycles. The molecule has 0 spiro atoms. The smallest absolute Gasteiger partial charge is 0.0620 e. The van der Waals surface area contributed by atoms with Crippen LogP contribution in [0, 0.1) is 0 Å². The number of ether oxygens (including phenoxy) is 1. The fourth-order valence-electron chi connectivity index (χ4n) is 0.779. The summed E-state index contributed by atoms with van der Waals surface area (Å²) in [5, 5.41) is 0. The maximum atomic E-state index is 5.73. The zero-order chi connectivity index (χ0) is 8.69. The second-order valence-corrected chi connectivity index (χ2v) is 3.07. The van der Waals surface area contributed by atoms with Crippen LogP contribution in [0.2, 0.25) is 0 Å². The minimum absolute atomic E-state index is 0.154. The molecular formula is C8H20N2O. The van der Waals surface area contributed by atoms with Crippen LogP contribution in [0.25, 0.3) is 0 Å². The Balaban J connectivity index is 3.15. The van der Waals surface area contributed by atoms with Crippen molar-refractivity contribution < 1.29 is 4.74 Å². The molecule has 0 unspecified atom stereocenters. The highest BCUT2D eigenvalue weighted by atomic mass is 16.5. The first-order valence-electron chi connectivity index (χ1n) is 4.24. The summed E-state index contributed by atoms with van der Waals surface area (Å²) in [6.45, 7) is 5.39. The van der Waals surface area contributed by atoms with Crippen LogP contribution < -0.4 is 11.5 Å². The van der Waals surface area contributed by atoms with Crippen LogP contribution in [0.5, 0.6) is 0 Å². The highest BCUT2D eigenvalue weighted by molar-refractivity contribution is 4.60. The van der Waals surface area contributed by atoms with Crippen molar-refractivity contribution in [2.24, 2.45) is 11.5 Å². The summed E-state index contributed by atoms with van der Waals surface area (Å²) < 4.78 is 5.33. The number of hydrogen-bond acceptors (Lipinski definition) is 3. The van der Waals surface area contributed by atoms with Crippen molar-refractivity contribution in [3.05, 3.63) is 0 Å². The SMILES string of the molecule is CC(C)OC[C@@H](N)CCCN. The molecular weight excluding hydrogens is 140 g/mol. The van der Waals surface area contributed by atoms with E-state index >= 15 is 0 Å². The molecule has 4 N–H and O–H groups in total. The molecule has 0 aliphatic heterocycles. The Labute approximate surface area is 69.1 Å². The van der Waals surface area contributed by atoms with Crippen LogP contribution in [0.15, 0.2) is 0 Å². The fourth-order valence-corrected chi connectivity index (χ4v) is 0.779. The van der Waals surface area contributed by atoms with Gasteiger partial charge in [0.25, 0.3) is 0 Å². The third kappa shape index (κ3) is 7.78. The van der Waals surface area contributed by atoms with Crippen molar-refractivity contribution in [1.82, 2.24) is 0 Å². The molecule has 3 nitrogen and oxygen atoms in total. The molecule has 11 heavy (non-hydrogen) atoms. The van der Waals surface area contributed by atoms with Crippen LogP contribution in [0.3, 0.4) is 0 Å². The Bertz CT molecular complexity index is 86.2. The molecule has 0 aromatic carbocycles. The molecule has 0 fully saturated rings. The van der Waals surface area contributed by atoms with Gasteiger partial charge in [-0.05, 0) is 33.2 Å². The van der Waals surface area contributed by atoms with Crippen LogP contribution in [0.1, 0.15) is 26.7 Å². The van der Waals surface area contributed by atoms with Crippen LogP contribution in [-0.4, -0.2) is 25.3 Å². The van der Waals surface area contributed by atoms with E-state index < -0.39 is 0 Å². The summed E-state index contributed by atoms with van der Waals surface area (Å²) in [6.07, 6.45) is 2.23. The summed E-state index contributed by atoms with van der Waals surface area (Å²) in [4.78, 5) is 0. The Morgan fingerprint density at radius 2 is 2.00 bits per heavy atom. The van der Waals surface area contributed by atoms with E-state index in [0.717, 1.165) is 19.4 Å². The zero-order valence-electron chi connectivity index (χ0n) is 7.55. The molecule has 0 radical (unpaired) electrons. The van der Waals surface area contributed by atoms with Gasteiger partial charge in [0.15, 0.2) is 0 Å². The highest BCUT2D eigenvalue weighted by Crippen LogP contribution is 1.96. The highest BCUT2D eigenvalue weighted by Gasteiger charge is 2.02. The van der Waals surface area contributed by atoms with Crippen molar-refractivity contribution in [3.63, 3.8) is 0 Å². The Morgan fingerprint density at radius 3 is 2.45 bits per heavy atom. The number of nitrogens with two attached hydrogens (primary N) is 2. The summed E-state index contributed by atoms with van der Waals surface area (Å²) in [5.41, 5.74) is 11.1. The fraction of sp³-hybridized carbons (Fsp3) is 1.00. The summed E-state index contributed by atoms with van der Waals surface area (Å²) in [5.74, 6) is 0. The summed E-state index contributed by atoms with van der Waals surface area (Å²) in [6, 6.07) is 0.154. The minimum atomic E-state index is 0.154. The first-order valence-corrected chi connectivity index (χ1v) is 4.24. The van der Waals surface area contributed by atoms with E-state index in [2.05, 4.69) is 0 Å². The van der Waals surface area contributed by atoms with E-state index in [1.807, 2.05) is 13.8 Å². The quantitative estimate of drug-likeness (QED) is 0.594. The Kier molecular flexibility index (Phi) is 6.51. The van der Waals surface area contributed by atoms with E-state index in [9.17, 15) is 0 Å². The van der Waals surface area contributed by atoms with Gasteiger partial charge in [-0.25, -0.2) is 0 Å². The standard InChI is InChI=1S/C8H20N2O/c1-7(2)11-6-8(10)4-3-5-9/h7-8H,3-6,9-10H2,1-2H3/t8-/m0/s1. The largest absolute Gasteiger partial charge is 0.377 e. The van der Waals surface area contributed by atoms with Crippen molar-refractivity contribution in [2.75, 3.05) is 13.2 Å². The summed E-state index contributed by atoms with van der Waals surface area (Å²) >= 11 is 0. The maximum Gasteiger partial charge on any atom is 0.0620 e. The number of rotatable bonds is 6. The molecule has 0 bridgehead atoms. The lowest BCUT2D eigenvalue weighted by Gasteiger charge is -2.13. The molecule has 68 valence electrons. The van der Waals surface area contributed by atoms with Gasteiger partial charge in [-0.15, -0.1) is 0 Å². The van der Waals surface area contributed by atoms with Gasteiger partial charge in [-0.2, -0.15) is 0 Å². The maximum absolute atomic E-state index is 5.73. The molecule has 0 heterocycles. The normalized spacial score (nSPS) is 13.9. The van der Waals surface area contributed by atoms with Gasteiger partial charge in [-0.3, -0.25) is 0 Å². The van der Waals surface area contributed by atoms with E-state index in [0.29, 0.717) is 6.61 Å². The number of hydrogen-bond donors (Lipinski definition) is 2. The van der Waals surface area contributed by atoms with Crippen molar-refractivity contribution in [3.8, 4) is 0 Å². The summed E-state index contributed by atoms with van der Waals surface area (Å²) in [7, 11) is 0. The molecule has 1 atom stereocenters. The molecule has 0 amide bonds. The second kappa shape index (κ2) is 6.58. The van der Waals surface area contributed by atoms with E-state index in [1.54, 1.807) is 0 Å². The predicted octanol–water partition coefficient (Wildman–Crippen LogP) is 0.478. The van der Waals surface area contributed by atoms with E-state index in [4.69, 9.17) is 16.2 Å². The first kappa shape index (κ1) is 10.9. The molecule has 0 saturated heterocycles. The predicted molar refractivity (Wildman–Crippen MR) is 47.4 cm³/mol. The van der Waals surface area contributed by atoms with Crippen LogP contribution in [-0.2, 0) is 4.74 Å².